The maximum Gasteiger partial charge on any atom is 0.224 e. The average molecular weight is 265 g/mol. The summed E-state index contributed by atoms with van der Waals surface area (Å²) in [5, 5.41) is 3.17. The second-order valence-electron chi connectivity index (χ2n) is 5.13. The first-order valence-corrected chi connectivity index (χ1v) is 6.98. The molecule has 0 aromatic carbocycles. The molecule has 0 amide bonds. The summed E-state index contributed by atoms with van der Waals surface area (Å²) < 4.78 is 0. The third-order valence-corrected chi connectivity index (χ3v) is 3.05. The maximum atomic E-state index is 4.65. The maximum absolute atomic E-state index is 4.65. The van der Waals surface area contributed by atoms with Crippen LogP contribution < -0.4 is 10.2 Å². The average Bonchev–Trinajstić information content (AvgIpc) is 2.33. The van der Waals surface area contributed by atoms with Crippen molar-refractivity contribution in [2.24, 2.45) is 0 Å². The molecule has 0 fully saturated rings. The van der Waals surface area contributed by atoms with E-state index in [-0.39, 0.29) is 0 Å². The Hall–Kier alpha value is -1.36. The molecule has 1 rings (SSSR count). The van der Waals surface area contributed by atoms with Crippen LogP contribution in [0.5, 0.6) is 0 Å². The molecule has 0 aliphatic rings. The Labute approximate surface area is 117 Å². The fourth-order valence-corrected chi connectivity index (χ4v) is 2.26. The van der Waals surface area contributed by atoms with Gasteiger partial charge in [-0.05, 0) is 41.8 Å². The summed E-state index contributed by atoms with van der Waals surface area (Å²) in [6, 6.07) is 0.420. The molecule has 1 aromatic rings. The van der Waals surface area contributed by atoms with Gasteiger partial charge in [0.2, 0.25) is 5.95 Å². The van der Waals surface area contributed by atoms with Crippen molar-refractivity contribution in [2.75, 3.05) is 43.9 Å². The molecule has 19 heavy (non-hydrogen) atoms. The van der Waals surface area contributed by atoms with Crippen LogP contribution >= 0.6 is 0 Å². The van der Waals surface area contributed by atoms with Gasteiger partial charge in [0.05, 0.1) is 0 Å². The van der Waals surface area contributed by atoms with Gasteiger partial charge in [-0.15, -0.1) is 0 Å². The molecule has 1 atom stereocenters. The van der Waals surface area contributed by atoms with Crippen molar-refractivity contribution in [2.45, 2.75) is 33.7 Å². The van der Waals surface area contributed by atoms with Gasteiger partial charge >= 0.3 is 0 Å². The van der Waals surface area contributed by atoms with Crippen LogP contribution in [-0.4, -0.2) is 54.6 Å². The smallest absolute Gasteiger partial charge is 0.224 e. The predicted octanol–water partition coefficient (Wildman–Crippen LogP) is 1.99. The number of likely N-dealkylation sites (N-methyl/N-ethyl adjacent to an activating group) is 2. The fourth-order valence-electron chi connectivity index (χ4n) is 2.26. The number of hydrogen-bond acceptors (Lipinski definition) is 5. The summed E-state index contributed by atoms with van der Waals surface area (Å²) in [7, 11) is 4.20. The lowest BCUT2D eigenvalue weighted by Crippen LogP contribution is -2.41. The monoisotopic (exact) mass is 265 g/mol. The van der Waals surface area contributed by atoms with Gasteiger partial charge in [0.15, 0.2) is 0 Å². The highest BCUT2D eigenvalue weighted by Crippen LogP contribution is 2.20. The normalized spacial score (nSPS) is 12.6. The van der Waals surface area contributed by atoms with Gasteiger partial charge in [0, 0.05) is 37.4 Å². The number of rotatable bonds is 7. The van der Waals surface area contributed by atoms with E-state index in [1.54, 1.807) is 0 Å². The summed E-state index contributed by atoms with van der Waals surface area (Å²) in [6.45, 7) is 11.3. The van der Waals surface area contributed by atoms with Gasteiger partial charge in [-0.3, -0.25) is 0 Å². The lowest BCUT2D eigenvalue weighted by atomic mass is 10.2. The molecule has 1 unspecified atom stereocenters. The SMILES string of the molecule is CCNc1ncc(C)c(N(CC)C(C)CN(C)C)n1. The van der Waals surface area contributed by atoms with E-state index < -0.39 is 0 Å². The second-order valence-corrected chi connectivity index (χ2v) is 5.13. The second kappa shape index (κ2) is 7.28. The highest BCUT2D eigenvalue weighted by molar-refractivity contribution is 5.49. The van der Waals surface area contributed by atoms with Gasteiger partial charge in [0.25, 0.3) is 0 Å². The number of nitrogens with zero attached hydrogens (tertiary/aromatic N) is 4. The zero-order valence-electron chi connectivity index (χ0n) is 13.1. The summed E-state index contributed by atoms with van der Waals surface area (Å²) in [6.07, 6.45) is 1.89. The van der Waals surface area contributed by atoms with Crippen molar-refractivity contribution in [1.82, 2.24) is 14.9 Å². The minimum atomic E-state index is 0.420. The van der Waals surface area contributed by atoms with E-state index in [1.807, 2.05) is 6.20 Å². The first kappa shape index (κ1) is 15.7. The van der Waals surface area contributed by atoms with E-state index in [4.69, 9.17) is 0 Å². The van der Waals surface area contributed by atoms with Crippen molar-refractivity contribution in [3.8, 4) is 0 Å². The van der Waals surface area contributed by atoms with Crippen molar-refractivity contribution in [1.29, 1.82) is 0 Å². The minimum absolute atomic E-state index is 0.420. The lowest BCUT2D eigenvalue weighted by Gasteiger charge is -2.32. The van der Waals surface area contributed by atoms with Crippen molar-refractivity contribution in [3.05, 3.63) is 11.8 Å². The van der Waals surface area contributed by atoms with Gasteiger partial charge in [-0.25, -0.2) is 4.98 Å². The third-order valence-electron chi connectivity index (χ3n) is 3.05. The van der Waals surface area contributed by atoms with Gasteiger partial charge < -0.3 is 15.1 Å². The Balaban J connectivity index is 2.99. The molecule has 1 N–H and O–H groups in total. The van der Waals surface area contributed by atoms with Crippen LogP contribution in [0.15, 0.2) is 6.20 Å². The van der Waals surface area contributed by atoms with Crippen LogP contribution in [0.3, 0.4) is 0 Å². The number of nitrogens with one attached hydrogen (secondary N) is 1. The summed E-state index contributed by atoms with van der Waals surface area (Å²) in [4.78, 5) is 13.5. The van der Waals surface area contributed by atoms with Gasteiger partial charge in [-0.1, -0.05) is 0 Å². The number of hydrogen-bond donors (Lipinski definition) is 1. The highest BCUT2D eigenvalue weighted by atomic mass is 15.3. The summed E-state index contributed by atoms with van der Waals surface area (Å²) in [5.74, 6) is 1.74. The van der Waals surface area contributed by atoms with Crippen molar-refractivity contribution >= 4 is 11.8 Å². The van der Waals surface area contributed by atoms with Crippen LogP contribution in [0.4, 0.5) is 11.8 Å². The Bertz CT molecular complexity index is 391. The molecule has 0 bridgehead atoms. The molecular formula is C14H27N5. The Morgan fingerprint density at radius 2 is 2.00 bits per heavy atom. The summed E-state index contributed by atoms with van der Waals surface area (Å²) >= 11 is 0. The first-order chi connectivity index (χ1) is 8.99. The molecule has 5 nitrogen and oxygen atoms in total. The van der Waals surface area contributed by atoms with Crippen molar-refractivity contribution in [3.63, 3.8) is 0 Å². The van der Waals surface area contributed by atoms with E-state index in [2.05, 4.69) is 66.9 Å². The molecule has 0 aliphatic carbocycles. The van der Waals surface area contributed by atoms with Crippen LogP contribution in [0.2, 0.25) is 0 Å². The van der Waals surface area contributed by atoms with E-state index in [1.165, 1.54) is 0 Å². The molecule has 1 heterocycles. The molecule has 0 aliphatic heterocycles. The fraction of sp³-hybridized carbons (Fsp3) is 0.714. The lowest BCUT2D eigenvalue weighted by molar-refractivity contribution is 0.372. The molecular weight excluding hydrogens is 238 g/mol. The molecule has 0 saturated carbocycles. The highest BCUT2D eigenvalue weighted by Gasteiger charge is 2.17. The van der Waals surface area contributed by atoms with Gasteiger partial charge in [-0.2, -0.15) is 4.98 Å². The zero-order chi connectivity index (χ0) is 14.4. The molecule has 0 radical (unpaired) electrons. The van der Waals surface area contributed by atoms with Crippen LogP contribution in [0.1, 0.15) is 26.3 Å². The number of anilines is 2. The van der Waals surface area contributed by atoms with Crippen LogP contribution in [0, 0.1) is 6.92 Å². The predicted molar refractivity (Wildman–Crippen MR) is 82.0 cm³/mol. The van der Waals surface area contributed by atoms with E-state index in [0.29, 0.717) is 12.0 Å². The van der Waals surface area contributed by atoms with E-state index >= 15 is 0 Å². The zero-order valence-corrected chi connectivity index (χ0v) is 13.1. The number of aryl methyl sites for hydroxylation is 1. The van der Waals surface area contributed by atoms with Crippen molar-refractivity contribution < 1.29 is 0 Å². The first-order valence-electron chi connectivity index (χ1n) is 6.98. The topological polar surface area (TPSA) is 44.3 Å². The minimum Gasteiger partial charge on any atom is -0.354 e. The molecule has 5 heteroatoms. The summed E-state index contributed by atoms with van der Waals surface area (Å²) in [5.41, 5.74) is 1.12. The van der Waals surface area contributed by atoms with Gasteiger partial charge in [0.1, 0.15) is 5.82 Å². The van der Waals surface area contributed by atoms with E-state index in [0.717, 1.165) is 31.0 Å². The van der Waals surface area contributed by atoms with Crippen LogP contribution in [-0.2, 0) is 0 Å². The molecule has 0 saturated heterocycles. The number of aromatic nitrogens is 2. The standard InChI is InChI=1S/C14H27N5/c1-7-15-14-16-9-11(3)13(17-14)19(8-2)12(4)10-18(5)6/h9,12H,7-8,10H2,1-6H3,(H,15,16,17). The van der Waals surface area contributed by atoms with E-state index in [9.17, 15) is 0 Å². The Kier molecular flexibility index (Phi) is 6.02. The molecule has 108 valence electrons. The molecule has 1 aromatic heterocycles. The third kappa shape index (κ3) is 4.35. The molecule has 0 spiro atoms. The largest absolute Gasteiger partial charge is 0.354 e. The Morgan fingerprint density at radius 3 is 2.53 bits per heavy atom. The quantitative estimate of drug-likeness (QED) is 0.817. The van der Waals surface area contributed by atoms with Crippen LogP contribution in [0.25, 0.3) is 0 Å². The Morgan fingerprint density at radius 1 is 1.32 bits per heavy atom.